The summed E-state index contributed by atoms with van der Waals surface area (Å²) in [6.45, 7) is 6.06. The number of fused-ring (bicyclic) bond motifs is 1. The molecule has 1 fully saturated rings. The number of benzene rings is 1. The van der Waals surface area contributed by atoms with Crippen LogP contribution in [0.15, 0.2) is 12.4 Å². The number of nitro benzene ring substituents is 1. The number of aromatic amines is 1. The van der Waals surface area contributed by atoms with Crippen molar-refractivity contribution < 1.29 is 9.72 Å². The van der Waals surface area contributed by atoms with Gasteiger partial charge in [-0.1, -0.05) is 24.9 Å². The van der Waals surface area contributed by atoms with Crippen LogP contribution < -0.4 is 5.32 Å². The Hall–Kier alpha value is -2.19. The van der Waals surface area contributed by atoms with Gasteiger partial charge in [-0.2, -0.15) is 0 Å². The zero-order valence-corrected chi connectivity index (χ0v) is 16.1. The molecule has 9 heteroatoms. The summed E-state index contributed by atoms with van der Waals surface area (Å²) in [7, 11) is 0. The van der Waals surface area contributed by atoms with Gasteiger partial charge in [0.25, 0.3) is 5.91 Å². The van der Waals surface area contributed by atoms with E-state index in [-0.39, 0.29) is 27.7 Å². The van der Waals surface area contributed by atoms with Crippen LogP contribution in [0.3, 0.4) is 0 Å². The molecule has 1 amide bonds. The average molecular weight is 394 g/mol. The van der Waals surface area contributed by atoms with Gasteiger partial charge in [-0.15, -0.1) is 0 Å². The Bertz CT molecular complexity index is 830. The largest absolute Gasteiger partial charge is 0.352 e. The van der Waals surface area contributed by atoms with Crippen LogP contribution in [0.4, 0.5) is 5.69 Å². The third-order valence-electron chi connectivity index (χ3n) is 5.14. The molecule has 0 atom stereocenters. The fraction of sp³-hybridized carbons (Fsp3) is 0.556. The average Bonchev–Trinajstić information content (AvgIpc) is 3.13. The molecule has 146 valence electrons. The number of nitrogens with zero attached hydrogens (tertiary/aromatic N) is 3. The summed E-state index contributed by atoms with van der Waals surface area (Å²) in [4.78, 5) is 32.5. The number of unbranched alkanes of at least 4 members (excludes halogenated alkanes) is 1. The van der Waals surface area contributed by atoms with Gasteiger partial charge in [-0.05, 0) is 50.9 Å². The Morgan fingerprint density at radius 3 is 2.89 bits per heavy atom. The number of rotatable bonds is 7. The van der Waals surface area contributed by atoms with E-state index in [1.54, 1.807) is 0 Å². The summed E-state index contributed by atoms with van der Waals surface area (Å²) < 4.78 is 0. The van der Waals surface area contributed by atoms with Crippen molar-refractivity contribution in [1.29, 1.82) is 0 Å². The Morgan fingerprint density at radius 2 is 2.22 bits per heavy atom. The number of amides is 1. The van der Waals surface area contributed by atoms with Crippen molar-refractivity contribution in [2.24, 2.45) is 5.92 Å². The molecular formula is C18H24ClN5O3. The second-order valence-corrected chi connectivity index (χ2v) is 7.39. The van der Waals surface area contributed by atoms with E-state index in [4.69, 9.17) is 11.6 Å². The van der Waals surface area contributed by atoms with Crippen molar-refractivity contribution in [1.82, 2.24) is 20.2 Å². The Morgan fingerprint density at radius 1 is 1.48 bits per heavy atom. The molecule has 8 nitrogen and oxygen atoms in total. The first-order valence-corrected chi connectivity index (χ1v) is 9.69. The fourth-order valence-electron chi connectivity index (χ4n) is 3.54. The summed E-state index contributed by atoms with van der Waals surface area (Å²) >= 11 is 6.03. The van der Waals surface area contributed by atoms with Gasteiger partial charge in [0, 0.05) is 6.54 Å². The van der Waals surface area contributed by atoms with E-state index in [0.29, 0.717) is 18.0 Å². The first-order chi connectivity index (χ1) is 13.0. The normalized spacial score (nSPS) is 15.9. The third-order valence-corrected chi connectivity index (χ3v) is 5.43. The predicted molar refractivity (Wildman–Crippen MR) is 104 cm³/mol. The van der Waals surface area contributed by atoms with Gasteiger partial charge in [0.1, 0.15) is 5.02 Å². The number of imidazole rings is 1. The fourth-order valence-corrected chi connectivity index (χ4v) is 3.81. The summed E-state index contributed by atoms with van der Waals surface area (Å²) in [5.41, 5.74) is 0.419. The number of hydrogen-bond acceptors (Lipinski definition) is 5. The number of carbonyl (C=O) groups excluding carboxylic acids is 1. The van der Waals surface area contributed by atoms with E-state index in [0.717, 1.165) is 32.5 Å². The number of likely N-dealkylation sites (tertiary alicyclic amines) is 1. The highest BCUT2D eigenvalue weighted by Gasteiger charge is 2.26. The van der Waals surface area contributed by atoms with Gasteiger partial charge in [-0.3, -0.25) is 14.9 Å². The molecule has 0 saturated carbocycles. The highest BCUT2D eigenvalue weighted by molar-refractivity contribution is 6.34. The van der Waals surface area contributed by atoms with E-state index in [1.807, 2.05) is 0 Å². The van der Waals surface area contributed by atoms with Crippen molar-refractivity contribution in [2.45, 2.75) is 32.6 Å². The molecule has 1 aliphatic heterocycles. The van der Waals surface area contributed by atoms with Gasteiger partial charge in [0.2, 0.25) is 0 Å². The van der Waals surface area contributed by atoms with Crippen LogP contribution >= 0.6 is 11.6 Å². The zero-order chi connectivity index (χ0) is 19.4. The monoisotopic (exact) mass is 393 g/mol. The smallest absolute Gasteiger partial charge is 0.315 e. The minimum absolute atomic E-state index is 0.0889. The predicted octanol–water partition coefficient (Wildman–Crippen LogP) is 3.37. The molecule has 2 N–H and O–H groups in total. The number of nitrogens with one attached hydrogen (secondary N) is 2. The van der Waals surface area contributed by atoms with Crippen LogP contribution in [-0.2, 0) is 0 Å². The van der Waals surface area contributed by atoms with Crippen molar-refractivity contribution in [3.63, 3.8) is 0 Å². The Labute approximate surface area is 162 Å². The van der Waals surface area contributed by atoms with Gasteiger partial charge in [0.15, 0.2) is 5.52 Å². The molecule has 1 aromatic heterocycles. The number of carbonyl (C=O) groups is 1. The van der Waals surface area contributed by atoms with Crippen molar-refractivity contribution in [3.05, 3.63) is 33.1 Å². The lowest BCUT2D eigenvalue weighted by molar-refractivity contribution is -0.383. The van der Waals surface area contributed by atoms with E-state index >= 15 is 0 Å². The Kier molecular flexibility index (Phi) is 6.28. The maximum atomic E-state index is 12.6. The molecule has 1 saturated heterocycles. The van der Waals surface area contributed by atoms with E-state index < -0.39 is 4.92 Å². The number of H-pyrrole nitrogens is 1. The second-order valence-electron chi connectivity index (χ2n) is 6.99. The molecule has 0 radical (unpaired) electrons. The molecule has 0 bridgehead atoms. The van der Waals surface area contributed by atoms with Crippen molar-refractivity contribution >= 4 is 34.2 Å². The first-order valence-electron chi connectivity index (χ1n) is 9.31. The van der Waals surface area contributed by atoms with E-state index in [9.17, 15) is 14.9 Å². The van der Waals surface area contributed by atoms with Gasteiger partial charge < -0.3 is 15.2 Å². The second kappa shape index (κ2) is 8.67. The molecular weight excluding hydrogens is 370 g/mol. The zero-order valence-electron chi connectivity index (χ0n) is 15.3. The molecule has 1 aromatic carbocycles. The summed E-state index contributed by atoms with van der Waals surface area (Å²) in [5, 5.41) is 14.1. The number of halogens is 1. The highest BCUT2D eigenvalue weighted by Crippen LogP contribution is 2.33. The van der Waals surface area contributed by atoms with Gasteiger partial charge >= 0.3 is 5.69 Å². The lowest BCUT2D eigenvalue weighted by atomic mass is 9.96. The topological polar surface area (TPSA) is 104 Å². The van der Waals surface area contributed by atoms with Crippen LogP contribution in [0.5, 0.6) is 0 Å². The highest BCUT2D eigenvalue weighted by atomic mass is 35.5. The van der Waals surface area contributed by atoms with Crippen LogP contribution in [0.1, 0.15) is 43.0 Å². The summed E-state index contributed by atoms with van der Waals surface area (Å²) in [6.07, 6.45) is 5.88. The molecule has 0 spiro atoms. The van der Waals surface area contributed by atoms with Crippen LogP contribution in [0, 0.1) is 16.0 Å². The molecule has 27 heavy (non-hydrogen) atoms. The van der Waals surface area contributed by atoms with E-state index in [2.05, 4.69) is 27.1 Å². The van der Waals surface area contributed by atoms with Crippen molar-refractivity contribution in [3.8, 4) is 0 Å². The van der Waals surface area contributed by atoms with Crippen LogP contribution in [0.25, 0.3) is 11.0 Å². The van der Waals surface area contributed by atoms with Gasteiger partial charge in [-0.25, -0.2) is 4.98 Å². The lowest BCUT2D eigenvalue weighted by Gasteiger charge is -2.31. The summed E-state index contributed by atoms with van der Waals surface area (Å²) in [6, 6.07) is 1.34. The molecule has 0 unspecified atom stereocenters. The minimum atomic E-state index is -0.584. The SMILES string of the molecule is CCCCN1CCC(CNC(=O)c2cc(Cl)c([N+](=O)[O-])c3nc[nH]c23)CC1. The molecule has 1 aliphatic rings. The Balaban J connectivity index is 1.63. The standard InChI is InChI=1S/C18H24ClN5O3/c1-2-3-6-23-7-4-12(5-8-23)10-20-18(25)13-9-14(19)17(24(26)27)16-15(13)21-11-22-16/h9,11-12H,2-8,10H2,1H3,(H,20,25)(H,21,22). The van der Waals surface area contributed by atoms with Gasteiger partial charge in [0.05, 0.1) is 22.3 Å². The molecule has 2 aromatic rings. The molecule has 2 heterocycles. The maximum Gasteiger partial charge on any atom is 0.315 e. The van der Waals surface area contributed by atoms with Crippen molar-refractivity contribution in [2.75, 3.05) is 26.2 Å². The quantitative estimate of drug-likeness (QED) is 0.554. The molecule has 3 rings (SSSR count). The molecule has 0 aliphatic carbocycles. The number of nitro groups is 1. The minimum Gasteiger partial charge on any atom is -0.352 e. The van der Waals surface area contributed by atoms with E-state index in [1.165, 1.54) is 25.2 Å². The van der Waals surface area contributed by atoms with Crippen LogP contribution in [-0.4, -0.2) is 51.9 Å². The number of aromatic nitrogens is 2. The number of piperidine rings is 1. The lowest BCUT2D eigenvalue weighted by Crippen LogP contribution is -2.39. The maximum absolute atomic E-state index is 12.6. The number of hydrogen-bond donors (Lipinski definition) is 2. The summed E-state index contributed by atoms with van der Waals surface area (Å²) in [5.74, 6) is 0.145. The van der Waals surface area contributed by atoms with Crippen LogP contribution in [0.2, 0.25) is 5.02 Å². The third kappa shape index (κ3) is 4.39. The first kappa shape index (κ1) is 19.6.